The van der Waals surface area contributed by atoms with Gasteiger partial charge < -0.3 is 20.1 Å². The summed E-state index contributed by atoms with van der Waals surface area (Å²) >= 11 is 0. The fourth-order valence-electron chi connectivity index (χ4n) is 1.49. The number of aliphatic hydroxyl groups is 1. The Hall–Kier alpha value is -2.81. The molecule has 0 spiro atoms. The summed E-state index contributed by atoms with van der Waals surface area (Å²) in [5, 5.41) is 26.9. The van der Waals surface area contributed by atoms with Crippen LogP contribution in [0.5, 0.6) is 0 Å². The first-order chi connectivity index (χ1) is 10.1. The predicted octanol–water partition coefficient (Wildman–Crippen LogP) is 0.190. The maximum absolute atomic E-state index is 12.7. The molecule has 0 bridgehead atoms. The van der Waals surface area contributed by atoms with Crippen molar-refractivity contribution in [2.24, 2.45) is 0 Å². The van der Waals surface area contributed by atoms with Gasteiger partial charge in [-0.05, 0) is 24.3 Å². The number of hydrogen-bond acceptors (Lipinski definition) is 6. The van der Waals surface area contributed by atoms with Crippen molar-refractivity contribution in [1.29, 1.82) is 0 Å². The molecule has 1 atom stereocenters. The third kappa shape index (κ3) is 4.63. The molecule has 1 aromatic carbocycles. The number of halogens is 1. The van der Waals surface area contributed by atoms with Gasteiger partial charge in [-0.25, -0.2) is 14.0 Å². The minimum atomic E-state index is -2.90. The van der Waals surface area contributed by atoms with Crippen molar-refractivity contribution in [3.05, 3.63) is 35.6 Å². The van der Waals surface area contributed by atoms with Crippen LogP contribution in [0.2, 0.25) is 0 Å². The van der Waals surface area contributed by atoms with Gasteiger partial charge in [0.1, 0.15) is 5.82 Å². The molecule has 0 radical (unpaired) electrons. The lowest BCUT2D eigenvalue weighted by atomic mass is 9.96. The molecule has 0 amide bonds. The third-order valence-electron chi connectivity index (χ3n) is 2.57. The van der Waals surface area contributed by atoms with Crippen molar-refractivity contribution in [3.8, 4) is 0 Å². The number of benzene rings is 1. The van der Waals surface area contributed by atoms with E-state index >= 15 is 0 Å². The Morgan fingerprint density at radius 3 is 2.05 bits per heavy atom. The standard InChI is InChI=1S/C13H11FO8/c14-8-3-1-7(2-4-8)11(18)22-10(17)6-13(21,12(19)20)5-9(15)16/h1-4,21H,5-6H2,(H,15,16)(H,19,20). The zero-order valence-corrected chi connectivity index (χ0v) is 11.0. The summed E-state index contributed by atoms with van der Waals surface area (Å²) in [6.45, 7) is 0. The second kappa shape index (κ2) is 6.76. The maximum Gasteiger partial charge on any atom is 0.345 e. The molecule has 0 aromatic heterocycles. The van der Waals surface area contributed by atoms with Crippen molar-refractivity contribution in [2.75, 3.05) is 0 Å². The summed E-state index contributed by atoms with van der Waals surface area (Å²) in [6.07, 6.45) is -2.48. The smallest absolute Gasteiger partial charge is 0.345 e. The molecule has 0 aliphatic carbocycles. The summed E-state index contributed by atoms with van der Waals surface area (Å²) in [7, 11) is 0. The highest BCUT2D eigenvalue weighted by atomic mass is 19.1. The van der Waals surface area contributed by atoms with E-state index < -0.39 is 48.1 Å². The van der Waals surface area contributed by atoms with Gasteiger partial charge in [-0.15, -0.1) is 0 Å². The fraction of sp³-hybridized carbons (Fsp3) is 0.231. The van der Waals surface area contributed by atoms with Gasteiger partial charge in [0.2, 0.25) is 0 Å². The number of carboxylic acid groups (broad SMARTS) is 2. The van der Waals surface area contributed by atoms with Gasteiger partial charge in [0.05, 0.1) is 18.4 Å². The average molecular weight is 314 g/mol. The Morgan fingerprint density at radius 2 is 1.59 bits per heavy atom. The quantitative estimate of drug-likeness (QED) is 0.499. The average Bonchev–Trinajstić information content (AvgIpc) is 2.37. The minimum absolute atomic E-state index is 0.174. The molecule has 8 nitrogen and oxygen atoms in total. The minimum Gasteiger partial charge on any atom is -0.481 e. The van der Waals surface area contributed by atoms with Gasteiger partial charge in [-0.3, -0.25) is 9.59 Å². The first-order valence-corrected chi connectivity index (χ1v) is 5.82. The highest BCUT2D eigenvalue weighted by molar-refractivity contribution is 5.98. The summed E-state index contributed by atoms with van der Waals surface area (Å²) in [5.74, 6) is -6.83. The van der Waals surface area contributed by atoms with E-state index in [9.17, 15) is 28.7 Å². The number of rotatable bonds is 6. The Morgan fingerprint density at radius 1 is 1.05 bits per heavy atom. The van der Waals surface area contributed by atoms with E-state index in [2.05, 4.69) is 4.74 Å². The summed E-state index contributed by atoms with van der Waals surface area (Å²) < 4.78 is 17.0. The van der Waals surface area contributed by atoms with Crippen LogP contribution in [0.15, 0.2) is 24.3 Å². The summed E-state index contributed by atoms with van der Waals surface area (Å²) in [6, 6.07) is 3.95. The lowest BCUT2D eigenvalue weighted by Crippen LogP contribution is -2.43. The molecular formula is C13H11FO8. The Kier molecular flexibility index (Phi) is 5.30. The number of carbonyl (C=O) groups is 4. The van der Waals surface area contributed by atoms with E-state index in [0.29, 0.717) is 0 Å². The Labute approximate surface area is 122 Å². The Balaban J connectivity index is 2.75. The van der Waals surface area contributed by atoms with Gasteiger partial charge in [0.25, 0.3) is 0 Å². The van der Waals surface area contributed by atoms with Crippen LogP contribution in [-0.4, -0.2) is 44.8 Å². The molecule has 0 fully saturated rings. The van der Waals surface area contributed by atoms with Gasteiger partial charge >= 0.3 is 23.9 Å². The molecule has 1 aromatic rings. The van der Waals surface area contributed by atoms with Crippen molar-refractivity contribution in [1.82, 2.24) is 0 Å². The van der Waals surface area contributed by atoms with Crippen molar-refractivity contribution < 1.29 is 43.6 Å². The van der Waals surface area contributed by atoms with Crippen LogP contribution in [0.3, 0.4) is 0 Å². The summed E-state index contributed by atoms with van der Waals surface area (Å²) in [4.78, 5) is 44.3. The topological polar surface area (TPSA) is 138 Å². The first-order valence-electron chi connectivity index (χ1n) is 5.82. The lowest BCUT2D eigenvalue weighted by Gasteiger charge is -2.19. The zero-order chi connectivity index (χ0) is 16.9. The van der Waals surface area contributed by atoms with Gasteiger partial charge in [-0.1, -0.05) is 0 Å². The van der Waals surface area contributed by atoms with Crippen LogP contribution >= 0.6 is 0 Å². The number of carbonyl (C=O) groups excluding carboxylic acids is 2. The second-order valence-corrected chi connectivity index (χ2v) is 4.35. The van der Waals surface area contributed by atoms with Crippen molar-refractivity contribution in [2.45, 2.75) is 18.4 Å². The molecule has 0 aliphatic heterocycles. The molecule has 0 saturated heterocycles. The highest BCUT2D eigenvalue weighted by Crippen LogP contribution is 2.17. The third-order valence-corrected chi connectivity index (χ3v) is 2.57. The molecule has 9 heteroatoms. The maximum atomic E-state index is 12.7. The fourth-order valence-corrected chi connectivity index (χ4v) is 1.49. The van der Waals surface area contributed by atoms with Crippen molar-refractivity contribution in [3.63, 3.8) is 0 Å². The molecule has 1 rings (SSSR count). The van der Waals surface area contributed by atoms with Crippen LogP contribution < -0.4 is 0 Å². The molecule has 0 aliphatic rings. The molecular weight excluding hydrogens is 303 g/mol. The van der Waals surface area contributed by atoms with Crippen LogP contribution in [-0.2, 0) is 19.1 Å². The van der Waals surface area contributed by atoms with E-state index in [4.69, 9.17) is 10.2 Å². The highest BCUT2D eigenvalue weighted by Gasteiger charge is 2.41. The van der Waals surface area contributed by atoms with Gasteiger partial charge in [-0.2, -0.15) is 0 Å². The van der Waals surface area contributed by atoms with E-state index in [1.54, 1.807) is 0 Å². The summed E-state index contributed by atoms with van der Waals surface area (Å²) in [5.41, 5.74) is -3.07. The largest absolute Gasteiger partial charge is 0.481 e. The number of aliphatic carboxylic acids is 2. The lowest BCUT2D eigenvalue weighted by molar-refractivity contribution is -0.170. The van der Waals surface area contributed by atoms with E-state index in [0.717, 1.165) is 24.3 Å². The number of esters is 2. The molecule has 3 N–H and O–H groups in total. The number of hydrogen-bond donors (Lipinski definition) is 3. The molecule has 0 heterocycles. The number of ether oxygens (including phenoxy) is 1. The van der Waals surface area contributed by atoms with Gasteiger partial charge in [0, 0.05) is 0 Å². The van der Waals surface area contributed by atoms with E-state index in [1.165, 1.54) is 0 Å². The van der Waals surface area contributed by atoms with Crippen LogP contribution in [0, 0.1) is 5.82 Å². The molecule has 1 unspecified atom stereocenters. The van der Waals surface area contributed by atoms with Gasteiger partial charge in [0.15, 0.2) is 5.60 Å². The number of carboxylic acids is 2. The second-order valence-electron chi connectivity index (χ2n) is 4.35. The molecule has 22 heavy (non-hydrogen) atoms. The molecule has 0 saturated carbocycles. The predicted molar refractivity (Wildman–Crippen MR) is 66.3 cm³/mol. The van der Waals surface area contributed by atoms with Crippen LogP contribution in [0.25, 0.3) is 0 Å². The van der Waals surface area contributed by atoms with E-state index in [-0.39, 0.29) is 5.56 Å². The first kappa shape index (κ1) is 17.2. The normalized spacial score (nSPS) is 13.0. The zero-order valence-electron chi connectivity index (χ0n) is 11.0. The van der Waals surface area contributed by atoms with Crippen LogP contribution in [0.4, 0.5) is 4.39 Å². The SMILES string of the molecule is O=C(O)CC(O)(CC(=O)OC(=O)c1ccc(F)cc1)C(=O)O. The van der Waals surface area contributed by atoms with E-state index in [1.807, 2.05) is 0 Å². The van der Waals surface area contributed by atoms with Crippen LogP contribution in [0.1, 0.15) is 23.2 Å². The van der Waals surface area contributed by atoms with Crippen molar-refractivity contribution >= 4 is 23.9 Å². The molecule has 118 valence electrons. The Bertz CT molecular complexity index is 609. The monoisotopic (exact) mass is 314 g/mol.